The minimum Gasteiger partial charge on any atom is -0.457 e. The Morgan fingerprint density at radius 1 is 1.00 bits per heavy atom. The molecule has 0 saturated heterocycles. The molecule has 2 N–H and O–H groups in total. The molecule has 0 spiro atoms. The lowest BCUT2D eigenvalue weighted by Gasteiger charge is -2.29. The number of ether oxygens (including phenoxy) is 1. The zero-order chi connectivity index (χ0) is 25.1. The van der Waals surface area contributed by atoms with Crippen LogP contribution in [-0.2, 0) is 4.79 Å². The third-order valence-corrected chi connectivity index (χ3v) is 6.90. The van der Waals surface area contributed by atoms with E-state index in [1.807, 2.05) is 0 Å². The van der Waals surface area contributed by atoms with Crippen LogP contribution in [0, 0.1) is 5.92 Å². The standard InChI is InChI=1S/C28H27ClN4O3/c1-17(34)14-18-2-8-21(9-3-18)33-28-25-24(15-30-27(25)31-16-32-28)26(35)19-4-10-22(11-5-19)36-23-12-6-20(29)7-13-23/h4-7,10-13,15-16,18,21H,2-3,8-9,14H2,1H3,(H2,30,31,32,33). The molecule has 2 aromatic heterocycles. The van der Waals surface area contributed by atoms with Crippen molar-refractivity contribution >= 4 is 40.0 Å². The number of H-pyrrole nitrogens is 1. The second-order valence-electron chi connectivity index (χ2n) is 9.33. The Balaban J connectivity index is 1.32. The average Bonchev–Trinajstić information content (AvgIpc) is 3.32. The quantitative estimate of drug-likeness (QED) is 0.264. The Labute approximate surface area is 214 Å². The predicted octanol–water partition coefficient (Wildman–Crippen LogP) is 6.58. The first-order chi connectivity index (χ1) is 17.5. The number of aromatic nitrogens is 3. The minimum absolute atomic E-state index is 0.123. The highest BCUT2D eigenvalue weighted by Gasteiger charge is 2.24. The van der Waals surface area contributed by atoms with Gasteiger partial charge in [-0.25, -0.2) is 9.97 Å². The second-order valence-corrected chi connectivity index (χ2v) is 9.76. The number of hydrogen-bond donors (Lipinski definition) is 2. The number of Topliss-reactive ketones (excluding diaryl/α,β-unsaturated/α-hetero) is 1. The van der Waals surface area contributed by atoms with Crippen LogP contribution in [-0.4, -0.2) is 32.6 Å². The molecule has 8 heteroatoms. The van der Waals surface area contributed by atoms with Crippen molar-refractivity contribution in [2.75, 3.05) is 5.32 Å². The largest absolute Gasteiger partial charge is 0.457 e. The summed E-state index contributed by atoms with van der Waals surface area (Å²) in [5, 5.41) is 4.86. The summed E-state index contributed by atoms with van der Waals surface area (Å²) in [6.07, 6.45) is 7.79. The van der Waals surface area contributed by atoms with E-state index < -0.39 is 0 Å². The van der Waals surface area contributed by atoms with E-state index in [2.05, 4.69) is 20.3 Å². The summed E-state index contributed by atoms with van der Waals surface area (Å²) in [6, 6.07) is 14.4. The van der Waals surface area contributed by atoms with Crippen molar-refractivity contribution in [3.8, 4) is 11.5 Å². The van der Waals surface area contributed by atoms with Gasteiger partial charge in [-0.1, -0.05) is 11.6 Å². The molecule has 0 radical (unpaired) electrons. The minimum atomic E-state index is -0.123. The van der Waals surface area contributed by atoms with Crippen LogP contribution in [0.2, 0.25) is 5.02 Å². The Morgan fingerprint density at radius 3 is 2.33 bits per heavy atom. The second kappa shape index (κ2) is 10.5. The van der Waals surface area contributed by atoms with Gasteiger partial charge in [0.25, 0.3) is 0 Å². The summed E-state index contributed by atoms with van der Waals surface area (Å²) in [4.78, 5) is 36.8. The van der Waals surface area contributed by atoms with Crippen molar-refractivity contribution in [2.45, 2.75) is 45.1 Å². The fraction of sp³-hybridized carbons (Fsp3) is 0.286. The number of benzene rings is 2. The van der Waals surface area contributed by atoms with Crippen LogP contribution >= 0.6 is 11.6 Å². The maximum atomic E-state index is 13.4. The number of carbonyl (C=O) groups is 2. The van der Waals surface area contributed by atoms with E-state index in [1.165, 1.54) is 6.33 Å². The van der Waals surface area contributed by atoms with Gasteiger partial charge in [0.15, 0.2) is 5.78 Å². The van der Waals surface area contributed by atoms with E-state index in [0.29, 0.717) is 56.8 Å². The van der Waals surface area contributed by atoms with Gasteiger partial charge in [0.05, 0.1) is 10.9 Å². The molecule has 2 heterocycles. The number of anilines is 1. The first-order valence-corrected chi connectivity index (χ1v) is 12.5. The summed E-state index contributed by atoms with van der Waals surface area (Å²) < 4.78 is 5.84. The Bertz CT molecular complexity index is 1370. The van der Waals surface area contributed by atoms with Crippen molar-refractivity contribution in [3.05, 3.63) is 77.2 Å². The molecule has 0 atom stereocenters. The van der Waals surface area contributed by atoms with Crippen LogP contribution in [0.3, 0.4) is 0 Å². The van der Waals surface area contributed by atoms with E-state index >= 15 is 0 Å². The summed E-state index contributed by atoms with van der Waals surface area (Å²) >= 11 is 5.93. The number of fused-ring (bicyclic) bond motifs is 1. The van der Waals surface area contributed by atoms with Crippen LogP contribution in [0.1, 0.15) is 54.9 Å². The van der Waals surface area contributed by atoms with Crippen LogP contribution in [0.5, 0.6) is 11.5 Å². The highest BCUT2D eigenvalue weighted by molar-refractivity contribution is 6.30. The molecule has 1 aliphatic rings. The van der Waals surface area contributed by atoms with Gasteiger partial charge in [-0.15, -0.1) is 0 Å². The third-order valence-electron chi connectivity index (χ3n) is 6.64. The number of rotatable bonds is 8. The molecule has 5 rings (SSSR count). The van der Waals surface area contributed by atoms with E-state index in [-0.39, 0.29) is 17.6 Å². The lowest BCUT2D eigenvalue weighted by Crippen LogP contribution is -2.27. The monoisotopic (exact) mass is 502 g/mol. The number of nitrogens with one attached hydrogen (secondary N) is 2. The number of carbonyl (C=O) groups excluding carboxylic acids is 2. The van der Waals surface area contributed by atoms with Gasteiger partial charge in [-0.3, -0.25) is 4.79 Å². The molecule has 1 saturated carbocycles. The summed E-state index contributed by atoms with van der Waals surface area (Å²) in [5.41, 5.74) is 1.67. The van der Waals surface area contributed by atoms with Gasteiger partial charge in [0.2, 0.25) is 0 Å². The lowest BCUT2D eigenvalue weighted by molar-refractivity contribution is -0.118. The number of nitrogens with zero attached hydrogens (tertiary/aromatic N) is 2. The van der Waals surface area contributed by atoms with Gasteiger partial charge in [-0.2, -0.15) is 0 Å². The van der Waals surface area contributed by atoms with Gasteiger partial charge < -0.3 is 19.8 Å². The van der Waals surface area contributed by atoms with E-state index in [4.69, 9.17) is 16.3 Å². The van der Waals surface area contributed by atoms with Gasteiger partial charge in [0, 0.05) is 29.2 Å². The van der Waals surface area contributed by atoms with Crippen LogP contribution in [0.4, 0.5) is 5.82 Å². The Hall–Kier alpha value is -3.71. The normalized spacial score (nSPS) is 17.6. The van der Waals surface area contributed by atoms with Crippen molar-refractivity contribution in [1.82, 2.24) is 15.0 Å². The van der Waals surface area contributed by atoms with Crippen molar-refractivity contribution in [1.29, 1.82) is 0 Å². The topological polar surface area (TPSA) is 97.0 Å². The number of halogens is 1. The molecule has 0 unspecified atom stereocenters. The average molecular weight is 503 g/mol. The molecule has 0 bridgehead atoms. The van der Waals surface area contributed by atoms with Crippen molar-refractivity contribution in [2.24, 2.45) is 5.92 Å². The van der Waals surface area contributed by atoms with E-state index in [1.54, 1.807) is 61.7 Å². The molecule has 7 nitrogen and oxygen atoms in total. The SMILES string of the molecule is CC(=O)CC1CCC(Nc2ncnc3[nH]cc(C(=O)c4ccc(Oc5ccc(Cl)cc5)cc4)c23)CC1. The molecule has 0 aliphatic heterocycles. The molecular weight excluding hydrogens is 476 g/mol. The maximum absolute atomic E-state index is 13.4. The lowest BCUT2D eigenvalue weighted by atomic mass is 9.83. The molecule has 0 amide bonds. The van der Waals surface area contributed by atoms with Gasteiger partial charge >= 0.3 is 0 Å². The van der Waals surface area contributed by atoms with E-state index in [9.17, 15) is 9.59 Å². The summed E-state index contributed by atoms with van der Waals surface area (Å²) in [5.74, 6) is 2.53. The van der Waals surface area contributed by atoms with Crippen LogP contribution < -0.4 is 10.1 Å². The first kappa shape index (κ1) is 24.0. The van der Waals surface area contributed by atoms with Crippen LogP contribution in [0.15, 0.2) is 61.1 Å². The molecule has 184 valence electrons. The number of hydrogen-bond acceptors (Lipinski definition) is 6. The van der Waals surface area contributed by atoms with Crippen LogP contribution in [0.25, 0.3) is 11.0 Å². The summed E-state index contributed by atoms with van der Waals surface area (Å²) in [6.45, 7) is 1.66. The number of aromatic amines is 1. The summed E-state index contributed by atoms with van der Waals surface area (Å²) in [7, 11) is 0. The molecule has 4 aromatic rings. The van der Waals surface area contributed by atoms with Crippen molar-refractivity contribution in [3.63, 3.8) is 0 Å². The molecule has 1 aliphatic carbocycles. The fourth-order valence-electron chi connectivity index (χ4n) is 4.83. The third kappa shape index (κ3) is 5.41. The van der Waals surface area contributed by atoms with Gasteiger partial charge in [-0.05, 0) is 87.1 Å². The number of ketones is 2. The fourth-order valence-corrected chi connectivity index (χ4v) is 4.96. The van der Waals surface area contributed by atoms with Gasteiger partial charge in [0.1, 0.15) is 35.1 Å². The zero-order valence-corrected chi connectivity index (χ0v) is 20.7. The first-order valence-electron chi connectivity index (χ1n) is 12.1. The molecule has 36 heavy (non-hydrogen) atoms. The zero-order valence-electron chi connectivity index (χ0n) is 20.0. The highest BCUT2D eigenvalue weighted by Crippen LogP contribution is 2.32. The Morgan fingerprint density at radius 2 is 1.67 bits per heavy atom. The highest BCUT2D eigenvalue weighted by atomic mass is 35.5. The maximum Gasteiger partial charge on any atom is 0.195 e. The van der Waals surface area contributed by atoms with Crippen molar-refractivity contribution < 1.29 is 14.3 Å². The molecule has 1 fully saturated rings. The van der Waals surface area contributed by atoms with E-state index in [0.717, 1.165) is 25.7 Å². The molecule has 2 aromatic carbocycles. The Kier molecular flexibility index (Phi) is 7.00. The molecular formula is C28H27ClN4O3. The smallest absolute Gasteiger partial charge is 0.195 e. The predicted molar refractivity (Wildman–Crippen MR) is 140 cm³/mol.